The van der Waals surface area contributed by atoms with Gasteiger partial charge in [-0.15, -0.1) is 0 Å². The SMILES string of the molecule is CC(=O)OCC(N)N. The van der Waals surface area contributed by atoms with Gasteiger partial charge < -0.3 is 16.2 Å². The predicted molar refractivity (Wildman–Crippen MR) is 28.8 cm³/mol. The molecular formula is C4H10N2O2. The number of esters is 1. The lowest BCUT2D eigenvalue weighted by molar-refractivity contribution is -0.141. The van der Waals surface area contributed by atoms with Crippen LogP contribution in [0.3, 0.4) is 0 Å². The van der Waals surface area contributed by atoms with E-state index < -0.39 is 6.17 Å². The van der Waals surface area contributed by atoms with E-state index in [-0.39, 0.29) is 12.6 Å². The van der Waals surface area contributed by atoms with E-state index in [1.165, 1.54) is 6.92 Å². The molecule has 8 heavy (non-hydrogen) atoms. The third kappa shape index (κ3) is 5.39. The first kappa shape index (κ1) is 7.39. The van der Waals surface area contributed by atoms with Crippen molar-refractivity contribution in [2.45, 2.75) is 13.1 Å². The molecule has 0 unspecified atom stereocenters. The molecule has 0 saturated carbocycles. The van der Waals surface area contributed by atoms with E-state index >= 15 is 0 Å². The number of nitrogens with two attached hydrogens (primary N) is 2. The fraction of sp³-hybridized carbons (Fsp3) is 0.750. The molecule has 0 spiro atoms. The van der Waals surface area contributed by atoms with E-state index in [4.69, 9.17) is 11.5 Å². The van der Waals surface area contributed by atoms with Gasteiger partial charge in [-0.05, 0) is 0 Å². The van der Waals surface area contributed by atoms with Gasteiger partial charge in [0, 0.05) is 6.92 Å². The number of hydrogen-bond acceptors (Lipinski definition) is 4. The fourth-order valence-electron chi connectivity index (χ4n) is 0.214. The van der Waals surface area contributed by atoms with Crippen LogP contribution in [0.2, 0.25) is 0 Å². The molecular weight excluding hydrogens is 108 g/mol. The van der Waals surface area contributed by atoms with Crippen LogP contribution in [0.1, 0.15) is 6.92 Å². The van der Waals surface area contributed by atoms with E-state index in [0.29, 0.717) is 0 Å². The lowest BCUT2D eigenvalue weighted by Crippen LogP contribution is -2.35. The second-order valence-electron chi connectivity index (χ2n) is 1.47. The molecule has 0 aromatic rings. The highest BCUT2D eigenvalue weighted by Crippen LogP contribution is 1.74. The van der Waals surface area contributed by atoms with E-state index in [1.54, 1.807) is 0 Å². The van der Waals surface area contributed by atoms with E-state index in [2.05, 4.69) is 4.74 Å². The summed E-state index contributed by atoms with van der Waals surface area (Å²) >= 11 is 0. The van der Waals surface area contributed by atoms with Crippen molar-refractivity contribution in [3.05, 3.63) is 0 Å². The Labute approximate surface area is 47.8 Å². The topological polar surface area (TPSA) is 78.3 Å². The van der Waals surface area contributed by atoms with Crippen LogP contribution in [0.5, 0.6) is 0 Å². The van der Waals surface area contributed by atoms with Crippen LogP contribution in [-0.2, 0) is 9.53 Å². The van der Waals surface area contributed by atoms with Gasteiger partial charge in [0.05, 0.1) is 6.17 Å². The van der Waals surface area contributed by atoms with Gasteiger partial charge in [-0.25, -0.2) is 0 Å². The number of carbonyl (C=O) groups is 1. The van der Waals surface area contributed by atoms with Crippen molar-refractivity contribution in [1.82, 2.24) is 0 Å². The summed E-state index contributed by atoms with van der Waals surface area (Å²) in [6, 6.07) is 0. The van der Waals surface area contributed by atoms with Crippen LogP contribution < -0.4 is 11.5 Å². The predicted octanol–water partition coefficient (Wildman–Crippen LogP) is -1.21. The highest BCUT2D eigenvalue weighted by atomic mass is 16.5. The fourth-order valence-corrected chi connectivity index (χ4v) is 0.214. The maximum absolute atomic E-state index is 10.0. The van der Waals surface area contributed by atoms with Crippen LogP contribution in [0.4, 0.5) is 0 Å². The average Bonchev–Trinajstić information content (AvgIpc) is 1.61. The lowest BCUT2D eigenvalue weighted by Gasteiger charge is -2.02. The Hall–Kier alpha value is -0.610. The third-order valence-electron chi connectivity index (χ3n) is 0.479. The average molecular weight is 118 g/mol. The molecule has 0 bridgehead atoms. The molecule has 4 nitrogen and oxygen atoms in total. The van der Waals surface area contributed by atoms with Crippen LogP contribution in [-0.4, -0.2) is 18.7 Å². The normalized spacial score (nSPS) is 9.50. The Morgan fingerprint density at radius 2 is 2.25 bits per heavy atom. The van der Waals surface area contributed by atoms with Crippen molar-refractivity contribution in [1.29, 1.82) is 0 Å². The third-order valence-corrected chi connectivity index (χ3v) is 0.479. The molecule has 0 heterocycles. The monoisotopic (exact) mass is 118 g/mol. The first-order chi connectivity index (χ1) is 3.63. The molecule has 0 atom stereocenters. The Bertz CT molecular complexity index is 82.1. The molecule has 4 N–H and O–H groups in total. The van der Waals surface area contributed by atoms with Gasteiger partial charge in [0.1, 0.15) is 6.61 Å². The summed E-state index contributed by atoms with van der Waals surface area (Å²) in [5.74, 6) is -0.356. The van der Waals surface area contributed by atoms with Crippen molar-refractivity contribution < 1.29 is 9.53 Å². The van der Waals surface area contributed by atoms with Gasteiger partial charge in [-0.1, -0.05) is 0 Å². The summed E-state index contributed by atoms with van der Waals surface area (Å²) in [5, 5.41) is 0. The van der Waals surface area contributed by atoms with Crippen molar-refractivity contribution in [3.8, 4) is 0 Å². The zero-order valence-corrected chi connectivity index (χ0v) is 4.76. The van der Waals surface area contributed by atoms with Gasteiger partial charge in [0.2, 0.25) is 0 Å². The molecule has 0 aliphatic rings. The standard InChI is InChI=1S/C4H10N2O2/c1-3(7)8-2-4(5)6/h4H,2,5-6H2,1H3. The molecule has 0 rings (SSSR count). The molecule has 4 heteroatoms. The van der Waals surface area contributed by atoms with Gasteiger partial charge in [-0.3, -0.25) is 4.79 Å². The van der Waals surface area contributed by atoms with Crippen LogP contribution in [0, 0.1) is 0 Å². The van der Waals surface area contributed by atoms with E-state index in [0.717, 1.165) is 0 Å². The summed E-state index contributed by atoms with van der Waals surface area (Å²) in [4.78, 5) is 10.0. The van der Waals surface area contributed by atoms with Gasteiger partial charge in [0.25, 0.3) is 0 Å². The minimum Gasteiger partial charge on any atom is -0.463 e. The van der Waals surface area contributed by atoms with Gasteiger partial charge in [-0.2, -0.15) is 0 Å². The van der Waals surface area contributed by atoms with Crippen molar-refractivity contribution in [3.63, 3.8) is 0 Å². The molecule has 0 aliphatic heterocycles. The van der Waals surface area contributed by atoms with E-state index in [1.807, 2.05) is 0 Å². The number of rotatable bonds is 2. The van der Waals surface area contributed by atoms with Crippen LogP contribution in [0.15, 0.2) is 0 Å². The molecule has 48 valence electrons. The molecule has 0 radical (unpaired) electrons. The van der Waals surface area contributed by atoms with E-state index in [9.17, 15) is 4.79 Å². The molecule has 0 amide bonds. The summed E-state index contributed by atoms with van der Waals surface area (Å²) in [6.07, 6.45) is -0.557. The van der Waals surface area contributed by atoms with Crippen molar-refractivity contribution in [2.24, 2.45) is 11.5 Å². The molecule has 0 aliphatic carbocycles. The largest absolute Gasteiger partial charge is 0.463 e. The number of ether oxygens (including phenoxy) is 1. The number of hydrogen-bond donors (Lipinski definition) is 2. The highest BCUT2D eigenvalue weighted by Gasteiger charge is 1.94. The minimum absolute atomic E-state index is 0.0926. The summed E-state index contributed by atoms with van der Waals surface area (Å²) in [6.45, 7) is 1.40. The minimum atomic E-state index is -0.557. The molecule has 0 aromatic carbocycles. The maximum Gasteiger partial charge on any atom is 0.302 e. The molecule has 0 aromatic heterocycles. The van der Waals surface area contributed by atoms with Gasteiger partial charge in [0.15, 0.2) is 0 Å². The highest BCUT2D eigenvalue weighted by molar-refractivity contribution is 5.65. The summed E-state index contributed by atoms with van der Waals surface area (Å²) < 4.78 is 4.41. The first-order valence-corrected chi connectivity index (χ1v) is 2.27. The van der Waals surface area contributed by atoms with Crippen molar-refractivity contribution in [2.75, 3.05) is 6.61 Å². The summed E-state index contributed by atoms with van der Waals surface area (Å²) in [5.41, 5.74) is 10.1. The van der Waals surface area contributed by atoms with Crippen molar-refractivity contribution >= 4 is 5.97 Å². The second-order valence-corrected chi connectivity index (χ2v) is 1.47. The smallest absolute Gasteiger partial charge is 0.302 e. The summed E-state index contributed by atoms with van der Waals surface area (Å²) in [7, 11) is 0. The Balaban J connectivity index is 3.05. The van der Waals surface area contributed by atoms with Gasteiger partial charge >= 0.3 is 5.97 Å². The Kier molecular flexibility index (Phi) is 3.14. The van der Waals surface area contributed by atoms with Crippen LogP contribution in [0.25, 0.3) is 0 Å². The van der Waals surface area contributed by atoms with Crippen LogP contribution >= 0.6 is 0 Å². The zero-order valence-electron chi connectivity index (χ0n) is 4.76. The Morgan fingerprint density at radius 1 is 1.75 bits per heavy atom. The number of carbonyl (C=O) groups excluding carboxylic acids is 1. The zero-order chi connectivity index (χ0) is 6.57. The molecule has 0 saturated heterocycles. The maximum atomic E-state index is 10.0. The lowest BCUT2D eigenvalue weighted by atomic mass is 10.6. The first-order valence-electron chi connectivity index (χ1n) is 2.27. The quantitative estimate of drug-likeness (QED) is 0.352. The molecule has 0 fully saturated rings. The Morgan fingerprint density at radius 3 is 2.38 bits per heavy atom. The second kappa shape index (κ2) is 3.40.